The molecule has 158 valence electrons. The fourth-order valence-corrected chi connectivity index (χ4v) is 3.10. The number of hydrogen-bond donors (Lipinski definition) is 2. The van der Waals surface area contributed by atoms with Gasteiger partial charge in [0.1, 0.15) is 0 Å². The second-order valence-corrected chi connectivity index (χ2v) is 6.50. The molecule has 1 amide bonds. The van der Waals surface area contributed by atoms with E-state index in [9.17, 15) is 4.79 Å². The van der Waals surface area contributed by atoms with Gasteiger partial charge in [0.25, 0.3) is 0 Å². The number of hydrogen-bond acceptors (Lipinski definition) is 5. The Morgan fingerprint density at radius 1 is 1.34 bits per heavy atom. The number of guanidine groups is 1. The van der Waals surface area contributed by atoms with E-state index in [4.69, 9.17) is 4.74 Å². The van der Waals surface area contributed by atoms with Gasteiger partial charge in [-0.2, -0.15) is 5.10 Å². The highest BCUT2D eigenvalue weighted by Gasteiger charge is 2.24. The topological polar surface area (TPSA) is 96.7 Å². The van der Waals surface area contributed by atoms with Crippen LogP contribution in [-0.2, 0) is 11.3 Å². The van der Waals surface area contributed by atoms with E-state index in [2.05, 4.69) is 25.7 Å². The first-order valence-corrected chi connectivity index (χ1v) is 9.53. The van der Waals surface area contributed by atoms with E-state index in [0.29, 0.717) is 26.2 Å². The number of piperidine rings is 1. The number of carbonyl (C=O) groups excluding carboxylic acids is 1. The summed E-state index contributed by atoms with van der Waals surface area (Å²) in [5.41, 5.74) is 1.08. The third-order valence-corrected chi connectivity index (χ3v) is 4.59. The molecule has 29 heavy (non-hydrogen) atoms. The molecule has 3 heterocycles. The van der Waals surface area contributed by atoms with E-state index >= 15 is 0 Å². The van der Waals surface area contributed by atoms with Crippen LogP contribution in [0.5, 0.6) is 0 Å². The third kappa shape index (κ3) is 6.58. The number of pyridine rings is 1. The molecule has 1 fully saturated rings. The molecular weight excluding hydrogens is 485 g/mol. The van der Waals surface area contributed by atoms with E-state index in [1.54, 1.807) is 29.0 Å². The number of ether oxygens (including phenoxy) is 1. The Kier molecular flexibility index (Phi) is 9.16. The van der Waals surface area contributed by atoms with Gasteiger partial charge in [0.15, 0.2) is 11.8 Å². The Hall–Kier alpha value is -2.37. The van der Waals surface area contributed by atoms with Gasteiger partial charge in [0.05, 0.1) is 6.61 Å². The molecule has 0 aromatic carbocycles. The molecule has 0 atom stereocenters. The van der Waals surface area contributed by atoms with E-state index < -0.39 is 0 Å². The highest BCUT2D eigenvalue weighted by molar-refractivity contribution is 14.0. The lowest BCUT2D eigenvalue weighted by molar-refractivity contribution is 0.0963. The lowest BCUT2D eigenvalue weighted by Gasteiger charge is -2.32. The van der Waals surface area contributed by atoms with Gasteiger partial charge < -0.3 is 20.3 Å². The number of nitrogens with one attached hydrogen (secondary N) is 2. The quantitative estimate of drug-likeness (QED) is 0.362. The van der Waals surface area contributed by atoms with Crippen LogP contribution in [-0.4, -0.2) is 64.5 Å². The van der Waals surface area contributed by atoms with Crippen LogP contribution in [0, 0.1) is 0 Å². The average Bonchev–Trinajstić information content (AvgIpc) is 3.27. The Balaban J connectivity index is 0.00000300. The van der Waals surface area contributed by atoms with Crippen molar-refractivity contribution < 1.29 is 9.53 Å². The Morgan fingerprint density at radius 3 is 2.79 bits per heavy atom. The summed E-state index contributed by atoms with van der Waals surface area (Å²) in [6.07, 6.45) is 6.86. The van der Waals surface area contributed by atoms with Crippen LogP contribution in [0.25, 0.3) is 5.82 Å². The Morgan fingerprint density at radius 2 is 2.14 bits per heavy atom. The van der Waals surface area contributed by atoms with Crippen LogP contribution in [0.3, 0.4) is 0 Å². The molecular formula is C19H28IN7O2. The van der Waals surface area contributed by atoms with E-state index in [-0.39, 0.29) is 36.1 Å². The van der Waals surface area contributed by atoms with Gasteiger partial charge in [-0.05, 0) is 43.5 Å². The fraction of sp³-hybridized carbons (Fsp3) is 0.474. The molecule has 1 aliphatic heterocycles. The number of halogens is 1. The Labute approximate surface area is 187 Å². The second kappa shape index (κ2) is 11.6. The minimum absolute atomic E-state index is 0. The summed E-state index contributed by atoms with van der Waals surface area (Å²) in [5, 5.41) is 11.0. The van der Waals surface area contributed by atoms with Crippen molar-refractivity contribution in [1.82, 2.24) is 30.3 Å². The molecule has 0 radical (unpaired) electrons. The number of likely N-dealkylation sites (tertiary alicyclic amines) is 1. The normalized spacial score (nSPS) is 14.8. The van der Waals surface area contributed by atoms with Crippen molar-refractivity contribution in [3.05, 3.63) is 42.4 Å². The molecule has 1 aliphatic rings. The van der Waals surface area contributed by atoms with Crippen LogP contribution < -0.4 is 10.6 Å². The van der Waals surface area contributed by atoms with Crippen molar-refractivity contribution in [2.45, 2.75) is 32.4 Å². The van der Waals surface area contributed by atoms with Gasteiger partial charge in [-0.15, -0.1) is 24.0 Å². The largest absolute Gasteiger partial charge is 0.450 e. The van der Waals surface area contributed by atoms with Crippen LogP contribution in [0.4, 0.5) is 4.79 Å². The monoisotopic (exact) mass is 513 g/mol. The minimum atomic E-state index is -0.228. The number of aliphatic imine (C=N–C) groups is 1. The smallest absolute Gasteiger partial charge is 0.409 e. The predicted octanol–water partition coefficient (Wildman–Crippen LogP) is 2.17. The second-order valence-electron chi connectivity index (χ2n) is 6.50. The maximum absolute atomic E-state index is 11.8. The molecule has 3 rings (SSSR count). The first kappa shape index (κ1) is 22.9. The highest BCUT2D eigenvalue weighted by Crippen LogP contribution is 2.11. The summed E-state index contributed by atoms with van der Waals surface area (Å²) in [6.45, 7) is 4.22. The van der Waals surface area contributed by atoms with Gasteiger partial charge in [-0.25, -0.2) is 14.5 Å². The maximum atomic E-state index is 11.8. The standard InChI is InChI=1S/C19H27N7O2.HI/c1-3-28-19(27)25-11-6-16(7-12-25)24-18(20-2)22-14-15-5-9-21-17(13-15)26-10-4-8-23-26;/h4-5,8-10,13,16H,3,6-7,11-12,14H2,1-2H3,(H2,20,22,24);1H. The van der Waals surface area contributed by atoms with Gasteiger partial charge in [-0.3, -0.25) is 4.99 Å². The summed E-state index contributed by atoms with van der Waals surface area (Å²) in [6, 6.07) is 6.09. The number of rotatable bonds is 5. The molecule has 0 saturated carbocycles. The number of amides is 1. The van der Waals surface area contributed by atoms with E-state index in [1.807, 2.05) is 31.3 Å². The number of aromatic nitrogens is 3. The molecule has 10 heteroatoms. The van der Waals surface area contributed by atoms with E-state index in [0.717, 1.165) is 30.2 Å². The number of carbonyl (C=O) groups is 1. The van der Waals surface area contributed by atoms with Crippen molar-refractivity contribution in [1.29, 1.82) is 0 Å². The SMILES string of the molecule is CCOC(=O)N1CCC(NC(=NC)NCc2ccnc(-n3cccn3)c2)CC1.I. The van der Waals surface area contributed by atoms with Crippen LogP contribution >= 0.6 is 24.0 Å². The zero-order chi connectivity index (χ0) is 19.8. The summed E-state index contributed by atoms with van der Waals surface area (Å²) >= 11 is 0. The summed E-state index contributed by atoms with van der Waals surface area (Å²) in [7, 11) is 1.75. The molecule has 9 nitrogen and oxygen atoms in total. The maximum Gasteiger partial charge on any atom is 0.409 e. The molecule has 0 unspecified atom stereocenters. The summed E-state index contributed by atoms with van der Waals surface area (Å²) in [5.74, 6) is 1.52. The van der Waals surface area contributed by atoms with Crippen molar-refractivity contribution in [3.63, 3.8) is 0 Å². The first-order valence-electron chi connectivity index (χ1n) is 9.53. The lowest BCUT2D eigenvalue weighted by Crippen LogP contribution is -2.49. The molecule has 2 aromatic rings. The van der Waals surface area contributed by atoms with Crippen LogP contribution in [0.2, 0.25) is 0 Å². The predicted molar refractivity (Wildman–Crippen MR) is 122 cm³/mol. The fourth-order valence-electron chi connectivity index (χ4n) is 3.10. The average molecular weight is 513 g/mol. The van der Waals surface area contributed by atoms with Crippen LogP contribution in [0.15, 0.2) is 41.8 Å². The van der Waals surface area contributed by atoms with Gasteiger partial charge >= 0.3 is 6.09 Å². The molecule has 2 aromatic heterocycles. The van der Waals surface area contributed by atoms with Crippen molar-refractivity contribution in [2.24, 2.45) is 4.99 Å². The van der Waals surface area contributed by atoms with E-state index in [1.165, 1.54) is 0 Å². The van der Waals surface area contributed by atoms with Gasteiger partial charge in [0.2, 0.25) is 0 Å². The van der Waals surface area contributed by atoms with Gasteiger partial charge in [-0.1, -0.05) is 0 Å². The van der Waals surface area contributed by atoms with Crippen LogP contribution in [0.1, 0.15) is 25.3 Å². The zero-order valence-electron chi connectivity index (χ0n) is 16.7. The lowest BCUT2D eigenvalue weighted by atomic mass is 10.1. The van der Waals surface area contributed by atoms with Gasteiger partial charge in [0, 0.05) is 51.3 Å². The van der Waals surface area contributed by atoms with Crippen molar-refractivity contribution >= 4 is 36.0 Å². The first-order chi connectivity index (χ1) is 13.7. The van der Waals surface area contributed by atoms with Crippen molar-refractivity contribution in [2.75, 3.05) is 26.7 Å². The Bertz CT molecular complexity index is 790. The molecule has 0 spiro atoms. The zero-order valence-corrected chi connectivity index (χ0v) is 19.1. The molecule has 2 N–H and O–H groups in total. The highest BCUT2D eigenvalue weighted by atomic mass is 127. The van der Waals surface area contributed by atoms with Crippen molar-refractivity contribution in [3.8, 4) is 5.82 Å². The minimum Gasteiger partial charge on any atom is -0.450 e. The molecule has 0 bridgehead atoms. The summed E-state index contributed by atoms with van der Waals surface area (Å²) in [4.78, 5) is 22.2. The molecule has 1 saturated heterocycles. The summed E-state index contributed by atoms with van der Waals surface area (Å²) < 4.78 is 6.79. The third-order valence-electron chi connectivity index (χ3n) is 4.59. The number of nitrogens with zero attached hydrogens (tertiary/aromatic N) is 5. The molecule has 0 aliphatic carbocycles.